The van der Waals surface area contributed by atoms with Gasteiger partial charge >= 0.3 is 0 Å². The maximum absolute atomic E-state index is 5.92. The summed E-state index contributed by atoms with van der Waals surface area (Å²) in [4.78, 5) is 8.56. The molecule has 7 heteroatoms. The molecule has 0 radical (unpaired) electrons. The number of hydrogen-bond acceptors (Lipinski definition) is 7. The third kappa shape index (κ3) is 5.22. The fraction of sp³-hybridized carbons (Fsp3) is 0.263. The van der Waals surface area contributed by atoms with Crippen LogP contribution in [0.25, 0.3) is 11.3 Å². The Bertz CT molecular complexity index is 785. The van der Waals surface area contributed by atoms with Crippen molar-refractivity contribution in [3.8, 4) is 22.8 Å². The minimum absolute atomic E-state index is 0.402. The number of aromatic nitrogens is 1. The predicted molar refractivity (Wildman–Crippen MR) is 105 cm³/mol. The molecule has 0 fully saturated rings. The normalized spacial score (nSPS) is 12.1. The van der Waals surface area contributed by atoms with E-state index in [9.17, 15) is 0 Å². The van der Waals surface area contributed by atoms with Crippen molar-refractivity contribution >= 4 is 11.6 Å². The fourth-order valence-electron chi connectivity index (χ4n) is 2.15. The second-order valence-corrected chi connectivity index (χ2v) is 5.51. The number of aliphatic imine (C=N–C) groups is 1. The number of rotatable bonds is 7. The summed E-state index contributed by atoms with van der Waals surface area (Å²) in [5.74, 6) is 1.61. The molecule has 0 unspecified atom stereocenters. The quantitative estimate of drug-likeness (QED) is 0.398. The molecule has 0 spiro atoms. The molecular weight excluding hydrogens is 330 g/mol. The number of nitrogen functional groups attached to an aromatic ring is 1. The Hall–Kier alpha value is -3.06. The standard InChI is InChI=1S/C19H25N5O2/c1-3-13(21)11-19(23-2)26-18-10-14(22)4-6-16(18)17-7-5-15(12-24-17)25-9-8-20/h4-7,10-12H,3,8-9,20-22H2,1-2H3. The van der Waals surface area contributed by atoms with Gasteiger partial charge in [0.2, 0.25) is 5.90 Å². The predicted octanol–water partition coefficient (Wildman–Crippen LogP) is 2.33. The molecule has 0 saturated heterocycles. The van der Waals surface area contributed by atoms with Crippen molar-refractivity contribution in [2.45, 2.75) is 13.3 Å². The first kappa shape index (κ1) is 19.3. The molecule has 0 saturated carbocycles. The lowest BCUT2D eigenvalue weighted by atomic mass is 10.1. The van der Waals surface area contributed by atoms with Gasteiger partial charge in [0.15, 0.2) is 0 Å². The van der Waals surface area contributed by atoms with Crippen LogP contribution in [0.4, 0.5) is 5.69 Å². The second kappa shape index (κ2) is 9.43. The third-order valence-corrected chi connectivity index (χ3v) is 3.56. The van der Waals surface area contributed by atoms with Gasteiger partial charge in [-0.25, -0.2) is 0 Å². The SMILES string of the molecule is CCC(N)=CC(=NC)Oc1cc(N)ccc1-c1ccc(OCCN)cn1. The molecule has 1 aromatic carbocycles. The first-order valence-electron chi connectivity index (χ1n) is 8.36. The van der Waals surface area contributed by atoms with Gasteiger partial charge in [-0.1, -0.05) is 6.92 Å². The molecule has 7 nitrogen and oxygen atoms in total. The van der Waals surface area contributed by atoms with Crippen molar-refractivity contribution in [1.29, 1.82) is 0 Å². The molecule has 0 bridgehead atoms. The van der Waals surface area contributed by atoms with Gasteiger partial charge in [-0.2, -0.15) is 0 Å². The lowest BCUT2D eigenvalue weighted by Crippen LogP contribution is -2.11. The lowest BCUT2D eigenvalue weighted by Gasteiger charge is -2.12. The van der Waals surface area contributed by atoms with Crippen LogP contribution in [-0.4, -0.2) is 31.1 Å². The van der Waals surface area contributed by atoms with Crippen LogP contribution in [0.3, 0.4) is 0 Å². The van der Waals surface area contributed by atoms with Gasteiger partial charge < -0.3 is 26.7 Å². The van der Waals surface area contributed by atoms with E-state index >= 15 is 0 Å². The molecule has 1 aromatic heterocycles. The number of ether oxygens (including phenoxy) is 2. The van der Waals surface area contributed by atoms with Crippen LogP contribution in [0.1, 0.15) is 13.3 Å². The van der Waals surface area contributed by atoms with Crippen molar-refractivity contribution in [2.75, 3.05) is 25.9 Å². The summed E-state index contributed by atoms with van der Waals surface area (Å²) in [6.45, 7) is 2.85. The van der Waals surface area contributed by atoms with Crippen LogP contribution in [-0.2, 0) is 0 Å². The van der Waals surface area contributed by atoms with Crippen molar-refractivity contribution in [3.63, 3.8) is 0 Å². The van der Waals surface area contributed by atoms with Crippen molar-refractivity contribution in [1.82, 2.24) is 4.98 Å². The van der Waals surface area contributed by atoms with E-state index in [1.807, 2.05) is 25.1 Å². The summed E-state index contributed by atoms with van der Waals surface area (Å²) in [6, 6.07) is 9.07. The monoisotopic (exact) mass is 355 g/mol. The summed E-state index contributed by atoms with van der Waals surface area (Å²) < 4.78 is 11.4. The van der Waals surface area contributed by atoms with E-state index in [0.29, 0.717) is 48.4 Å². The minimum Gasteiger partial charge on any atom is -0.491 e. The van der Waals surface area contributed by atoms with Crippen LogP contribution < -0.4 is 26.7 Å². The number of benzene rings is 1. The molecule has 0 aliphatic heterocycles. The summed E-state index contributed by atoms with van der Waals surface area (Å²) in [6.07, 6.45) is 4.05. The van der Waals surface area contributed by atoms with Gasteiger partial charge in [-0.15, -0.1) is 0 Å². The van der Waals surface area contributed by atoms with E-state index < -0.39 is 0 Å². The van der Waals surface area contributed by atoms with Crippen molar-refractivity contribution in [3.05, 3.63) is 48.3 Å². The highest BCUT2D eigenvalue weighted by molar-refractivity contribution is 5.91. The topological polar surface area (TPSA) is 122 Å². The Morgan fingerprint density at radius 1 is 1.27 bits per heavy atom. The molecular formula is C19H25N5O2. The molecule has 1 heterocycles. The zero-order valence-corrected chi connectivity index (χ0v) is 15.1. The van der Waals surface area contributed by atoms with Gasteiger partial charge in [0.1, 0.15) is 18.1 Å². The van der Waals surface area contributed by atoms with E-state index in [1.54, 1.807) is 31.5 Å². The molecule has 138 valence electrons. The number of nitrogens with zero attached hydrogens (tertiary/aromatic N) is 2. The van der Waals surface area contributed by atoms with Crippen LogP contribution >= 0.6 is 0 Å². The maximum atomic E-state index is 5.92. The van der Waals surface area contributed by atoms with Crippen LogP contribution in [0.15, 0.2) is 53.3 Å². The number of allylic oxidation sites excluding steroid dienone is 1. The largest absolute Gasteiger partial charge is 0.491 e. The average Bonchev–Trinajstić information content (AvgIpc) is 2.66. The summed E-state index contributed by atoms with van der Waals surface area (Å²) in [7, 11) is 1.64. The highest BCUT2D eigenvalue weighted by atomic mass is 16.5. The van der Waals surface area contributed by atoms with Crippen molar-refractivity contribution in [2.24, 2.45) is 16.5 Å². The Kier molecular flexibility index (Phi) is 6.99. The third-order valence-electron chi connectivity index (χ3n) is 3.56. The van der Waals surface area contributed by atoms with E-state index in [2.05, 4.69) is 9.98 Å². The van der Waals surface area contributed by atoms with Gasteiger partial charge in [0.05, 0.1) is 11.9 Å². The Morgan fingerprint density at radius 2 is 2.08 bits per heavy atom. The van der Waals surface area contributed by atoms with Crippen LogP contribution in [0.2, 0.25) is 0 Å². The number of nitrogens with two attached hydrogens (primary N) is 3. The van der Waals surface area contributed by atoms with Crippen LogP contribution in [0.5, 0.6) is 11.5 Å². The zero-order chi connectivity index (χ0) is 18.9. The number of pyridine rings is 1. The lowest BCUT2D eigenvalue weighted by molar-refractivity contribution is 0.327. The zero-order valence-electron chi connectivity index (χ0n) is 15.1. The number of hydrogen-bond donors (Lipinski definition) is 3. The first-order chi connectivity index (χ1) is 12.6. The molecule has 0 amide bonds. The second-order valence-electron chi connectivity index (χ2n) is 5.51. The fourth-order valence-corrected chi connectivity index (χ4v) is 2.15. The Labute approximate surface area is 153 Å². The molecule has 26 heavy (non-hydrogen) atoms. The molecule has 0 aliphatic carbocycles. The molecule has 2 aromatic rings. The summed E-state index contributed by atoms with van der Waals surface area (Å²) in [5, 5.41) is 0. The van der Waals surface area contributed by atoms with Crippen LogP contribution in [0, 0.1) is 0 Å². The Morgan fingerprint density at radius 3 is 2.69 bits per heavy atom. The molecule has 0 aliphatic rings. The van der Waals surface area contributed by atoms with Gasteiger partial charge in [-0.05, 0) is 30.7 Å². The van der Waals surface area contributed by atoms with E-state index in [-0.39, 0.29) is 0 Å². The summed E-state index contributed by atoms with van der Waals surface area (Å²) >= 11 is 0. The number of anilines is 1. The highest BCUT2D eigenvalue weighted by Crippen LogP contribution is 2.31. The van der Waals surface area contributed by atoms with E-state index in [1.165, 1.54) is 0 Å². The highest BCUT2D eigenvalue weighted by Gasteiger charge is 2.11. The van der Waals surface area contributed by atoms with Gasteiger partial charge in [0, 0.05) is 42.7 Å². The molecule has 6 N–H and O–H groups in total. The average molecular weight is 355 g/mol. The van der Waals surface area contributed by atoms with Crippen molar-refractivity contribution < 1.29 is 9.47 Å². The smallest absolute Gasteiger partial charge is 0.216 e. The van der Waals surface area contributed by atoms with E-state index in [4.69, 9.17) is 26.7 Å². The Balaban J connectivity index is 2.32. The van der Waals surface area contributed by atoms with Gasteiger partial charge in [-0.3, -0.25) is 9.98 Å². The summed E-state index contributed by atoms with van der Waals surface area (Å²) in [5.41, 5.74) is 20.0. The minimum atomic E-state index is 0.402. The molecule has 0 atom stereocenters. The first-order valence-corrected chi connectivity index (χ1v) is 8.36. The maximum Gasteiger partial charge on any atom is 0.216 e. The van der Waals surface area contributed by atoms with Gasteiger partial charge in [0.25, 0.3) is 0 Å². The van der Waals surface area contributed by atoms with E-state index in [0.717, 1.165) is 11.3 Å². The molecule has 2 rings (SSSR count).